The van der Waals surface area contributed by atoms with Crippen LogP contribution in [0, 0.1) is 6.92 Å². The number of benzene rings is 2. The first-order valence-corrected chi connectivity index (χ1v) is 14.8. The van der Waals surface area contributed by atoms with E-state index in [0.29, 0.717) is 40.1 Å². The molecule has 10 nitrogen and oxygen atoms in total. The van der Waals surface area contributed by atoms with E-state index in [1.807, 2.05) is 42.5 Å². The quantitative estimate of drug-likeness (QED) is 0.279. The summed E-state index contributed by atoms with van der Waals surface area (Å²) in [6.45, 7) is 7.36. The van der Waals surface area contributed by atoms with Crippen molar-refractivity contribution >= 4 is 45.8 Å². The Bertz CT molecular complexity index is 1720. The number of aryl methyl sites for hydroxylation is 1. The fourth-order valence-electron chi connectivity index (χ4n) is 5.08. The van der Waals surface area contributed by atoms with Gasteiger partial charge in [-0.3, -0.25) is 19.8 Å². The van der Waals surface area contributed by atoms with Gasteiger partial charge in [0.1, 0.15) is 0 Å². The summed E-state index contributed by atoms with van der Waals surface area (Å²) in [6, 6.07) is 18.6. The van der Waals surface area contributed by atoms with Crippen molar-refractivity contribution in [2.75, 3.05) is 57.0 Å². The van der Waals surface area contributed by atoms with Crippen molar-refractivity contribution in [3.8, 4) is 10.6 Å². The highest BCUT2D eigenvalue weighted by atomic mass is 32.1. The number of carbonyl (C=O) groups is 2. The van der Waals surface area contributed by atoms with Crippen LogP contribution >= 0.6 is 11.3 Å². The zero-order valence-electron chi connectivity index (χ0n) is 23.9. The molecule has 1 fully saturated rings. The second-order valence-corrected chi connectivity index (χ2v) is 11.6. The number of carbonyl (C=O) groups excluding carboxylic acids is 2. The van der Waals surface area contributed by atoms with Crippen LogP contribution in [0.3, 0.4) is 0 Å². The van der Waals surface area contributed by atoms with Crippen molar-refractivity contribution in [1.29, 1.82) is 0 Å². The third-order valence-electron chi connectivity index (χ3n) is 7.60. The van der Waals surface area contributed by atoms with Gasteiger partial charge in [0.15, 0.2) is 11.7 Å². The average molecular weight is 584 g/mol. The molecule has 1 saturated heterocycles. The average Bonchev–Trinajstić information content (AvgIpc) is 3.75. The number of aromatic nitrogens is 3. The molecule has 216 valence electrons. The van der Waals surface area contributed by atoms with Crippen LogP contribution in [0.15, 0.2) is 71.3 Å². The minimum absolute atomic E-state index is 0.103. The summed E-state index contributed by atoms with van der Waals surface area (Å²) >= 11 is 1.34. The molecular weight excluding hydrogens is 550 g/mol. The maximum atomic E-state index is 13.4. The maximum Gasteiger partial charge on any atom is 0.268 e. The Morgan fingerprint density at radius 3 is 2.55 bits per heavy atom. The lowest BCUT2D eigenvalue weighted by Crippen LogP contribution is -2.45. The zero-order chi connectivity index (χ0) is 29.2. The molecule has 0 bridgehead atoms. The Labute approximate surface area is 248 Å². The van der Waals surface area contributed by atoms with Crippen molar-refractivity contribution in [2.24, 2.45) is 0 Å². The van der Waals surface area contributed by atoms with E-state index in [9.17, 15) is 9.59 Å². The van der Waals surface area contributed by atoms with Crippen LogP contribution in [-0.4, -0.2) is 83.0 Å². The van der Waals surface area contributed by atoms with Crippen LogP contribution in [0.2, 0.25) is 0 Å². The third-order valence-corrected chi connectivity index (χ3v) is 8.70. The molecule has 1 aliphatic rings. The molecule has 0 saturated carbocycles. The van der Waals surface area contributed by atoms with Crippen LogP contribution < -0.4 is 10.2 Å². The number of thiophene rings is 1. The topological polar surface area (TPSA) is 99.7 Å². The molecule has 5 aromatic rings. The van der Waals surface area contributed by atoms with Gasteiger partial charge in [-0.2, -0.15) is 0 Å². The minimum Gasteiger partial charge on any atom is -0.440 e. The van der Waals surface area contributed by atoms with E-state index in [0.717, 1.165) is 48.8 Å². The molecule has 0 radical (unpaired) electrons. The van der Waals surface area contributed by atoms with E-state index in [-0.39, 0.29) is 11.8 Å². The monoisotopic (exact) mass is 583 g/mol. The number of hydrogen-bond acceptors (Lipinski definition) is 8. The summed E-state index contributed by atoms with van der Waals surface area (Å²) in [5.41, 5.74) is 2.94. The number of anilines is 2. The van der Waals surface area contributed by atoms with Gasteiger partial charge in [0, 0.05) is 64.5 Å². The van der Waals surface area contributed by atoms with E-state index in [2.05, 4.69) is 31.7 Å². The van der Waals surface area contributed by atoms with E-state index >= 15 is 0 Å². The highest BCUT2D eigenvalue weighted by Crippen LogP contribution is 2.30. The molecule has 0 atom stereocenters. The molecule has 1 aliphatic heterocycles. The lowest BCUT2D eigenvalue weighted by molar-refractivity contribution is 0.0991. The van der Waals surface area contributed by atoms with Gasteiger partial charge in [-0.15, -0.1) is 11.3 Å². The first-order chi connectivity index (χ1) is 20.4. The third kappa shape index (κ3) is 5.85. The molecule has 2 aromatic carbocycles. The summed E-state index contributed by atoms with van der Waals surface area (Å²) in [5.74, 6) is 1.35. The van der Waals surface area contributed by atoms with Gasteiger partial charge in [-0.25, -0.2) is 9.97 Å². The van der Waals surface area contributed by atoms with Crippen LogP contribution in [0.5, 0.6) is 0 Å². The SMILES string of the molecule is Cc1ncc(-c2ccc(C(=O)Nc3nc4cc(N(C)C(=O)c5ccccc5)ccc4n3CCN3CCN(C)CC3)s2)o1. The van der Waals surface area contributed by atoms with Crippen LogP contribution in [0.4, 0.5) is 11.6 Å². The Morgan fingerprint density at radius 2 is 1.81 bits per heavy atom. The van der Waals surface area contributed by atoms with Crippen molar-refractivity contribution in [1.82, 2.24) is 24.3 Å². The molecule has 6 rings (SSSR count). The van der Waals surface area contributed by atoms with Gasteiger partial charge in [0.05, 0.1) is 27.0 Å². The molecule has 11 heteroatoms. The normalized spacial score (nSPS) is 14.4. The van der Waals surface area contributed by atoms with E-state index in [1.165, 1.54) is 11.3 Å². The molecule has 2 amide bonds. The standard InChI is InChI=1S/C31H33N7O3S/c1-21-32-20-26(41-21)27-11-12-28(42-27)29(39)34-31-33-24-19-23(36(3)30(40)22-7-5-4-6-8-22)9-10-25(24)38(31)18-17-37-15-13-35(2)14-16-37/h4-12,19-20H,13-18H2,1-3H3,(H,33,34,39). The number of nitrogens with zero attached hydrogens (tertiary/aromatic N) is 6. The van der Waals surface area contributed by atoms with Crippen LogP contribution in [0.25, 0.3) is 21.7 Å². The number of fused-ring (bicyclic) bond motifs is 1. The highest BCUT2D eigenvalue weighted by molar-refractivity contribution is 7.17. The number of imidazole rings is 1. The van der Waals surface area contributed by atoms with Crippen LogP contribution in [-0.2, 0) is 6.54 Å². The Balaban J connectivity index is 1.28. The molecule has 0 unspecified atom stereocenters. The van der Waals surface area contributed by atoms with Crippen molar-refractivity contribution in [3.05, 3.63) is 83.2 Å². The van der Waals surface area contributed by atoms with Crippen LogP contribution in [0.1, 0.15) is 25.9 Å². The van der Waals surface area contributed by atoms with Gasteiger partial charge in [0.25, 0.3) is 11.8 Å². The molecule has 4 heterocycles. The van der Waals surface area contributed by atoms with E-state index in [1.54, 1.807) is 43.3 Å². The number of nitrogens with one attached hydrogen (secondary N) is 1. The number of rotatable bonds is 8. The molecule has 0 aliphatic carbocycles. The molecule has 42 heavy (non-hydrogen) atoms. The van der Waals surface area contributed by atoms with Gasteiger partial charge in [0.2, 0.25) is 5.95 Å². The predicted octanol–water partition coefficient (Wildman–Crippen LogP) is 4.84. The van der Waals surface area contributed by atoms with Crippen molar-refractivity contribution < 1.29 is 14.0 Å². The second-order valence-electron chi connectivity index (χ2n) is 10.5. The Morgan fingerprint density at radius 1 is 1.02 bits per heavy atom. The first kappa shape index (κ1) is 27.8. The maximum absolute atomic E-state index is 13.4. The number of oxazole rings is 1. The first-order valence-electron chi connectivity index (χ1n) is 13.9. The number of likely N-dealkylation sites (N-methyl/N-ethyl adjacent to an activating group) is 1. The van der Waals surface area contributed by atoms with E-state index in [4.69, 9.17) is 9.40 Å². The molecule has 0 spiro atoms. The number of amides is 2. The van der Waals surface area contributed by atoms with Gasteiger partial charge < -0.3 is 18.8 Å². The largest absolute Gasteiger partial charge is 0.440 e. The van der Waals surface area contributed by atoms with Gasteiger partial charge in [-0.1, -0.05) is 18.2 Å². The predicted molar refractivity (Wildman–Crippen MR) is 165 cm³/mol. The lowest BCUT2D eigenvalue weighted by atomic mass is 10.2. The highest BCUT2D eigenvalue weighted by Gasteiger charge is 2.21. The minimum atomic E-state index is -0.241. The summed E-state index contributed by atoms with van der Waals surface area (Å²) in [5, 5.41) is 3.05. The lowest BCUT2D eigenvalue weighted by Gasteiger charge is -2.32. The second kappa shape index (κ2) is 11.9. The zero-order valence-corrected chi connectivity index (χ0v) is 24.7. The number of piperazine rings is 1. The summed E-state index contributed by atoms with van der Waals surface area (Å²) in [6.07, 6.45) is 1.66. The summed E-state index contributed by atoms with van der Waals surface area (Å²) in [4.78, 5) is 43.2. The Kier molecular flexibility index (Phi) is 7.88. The Hall–Kier alpha value is -4.32. The van der Waals surface area contributed by atoms with E-state index < -0.39 is 0 Å². The van der Waals surface area contributed by atoms with Crippen molar-refractivity contribution in [3.63, 3.8) is 0 Å². The van der Waals surface area contributed by atoms with Gasteiger partial charge >= 0.3 is 0 Å². The molecular formula is C31H33N7O3S. The van der Waals surface area contributed by atoms with Gasteiger partial charge in [-0.05, 0) is 49.5 Å². The molecule has 1 N–H and O–H groups in total. The summed E-state index contributed by atoms with van der Waals surface area (Å²) in [7, 11) is 3.90. The molecule has 3 aromatic heterocycles. The fraction of sp³-hybridized carbons (Fsp3) is 0.290. The summed E-state index contributed by atoms with van der Waals surface area (Å²) < 4.78 is 7.69. The number of hydrogen-bond donors (Lipinski definition) is 1. The fourth-order valence-corrected chi connectivity index (χ4v) is 5.93. The smallest absolute Gasteiger partial charge is 0.268 e. The van der Waals surface area contributed by atoms with Crippen molar-refractivity contribution in [2.45, 2.75) is 13.5 Å².